The number of pyridine rings is 1. The van der Waals surface area contributed by atoms with Gasteiger partial charge in [-0.05, 0) is 45.0 Å². The average molecular weight is 513 g/mol. The Balaban J connectivity index is 1.36. The number of rotatable bonds is 7. The van der Waals surface area contributed by atoms with Crippen molar-refractivity contribution < 1.29 is 9.13 Å². The highest BCUT2D eigenvalue weighted by atomic mass is 19.1. The van der Waals surface area contributed by atoms with Gasteiger partial charge >= 0.3 is 6.01 Å². The van der Waals surface area contributed by atoms with E-state index in [-0.39, 0.29) is 18.4 Å². The van der Waals surface area contributed by atoms with E-state index in [9.17, 15) is 5.26 Å². The summed E-state index contributed by atoms with van der Waals surface area (Å²) in [5, 5.41) is 9.39. The van der Waals surface area contributed by atoms with Crippen LogP contribution in [0.3, 0.4) is 0 Å². The van der Waals surface area contributed by atoms with Crippen LogP contribution in [-0.4, -0.2) is 73.1 Å². The summed E-state index contributed by atoms with van der Waals surface area (Å²) < 4.78 is 23.0. The number of imidazole rings is 1. The number of fused-ring (bicyclic) bond motifs is 3. The third-order valence-electron chi connectivity index (χ3n) is 7.61. The maximum atomic E-state index is 15.5. The Bertz CT molecular complexity index is 1560. The lowest BCUT2D eigenvalue weighted by molar-refractivity contribution is 0.143. The zero-order valence-electron chi connectivity index (χ0n) is 21.7. The van der Waals surface area contributed by atoms with Crippen molar-refractivity contribution in [1.82, 2.24) is 34.3 Å². The summed E-state index contributed by atoms with van der Waals surface area (Å²) in [6.45, 7) is 7.20. The number of halogens is 1. The minimum absolute atomic E-state index is 0.204. The molecule has 2 aliphatic heterocycles. The lowest BCUT2D eigenvalue weighted by Gasteiger charge is -2.31. The van der Waals surface area contributed by atoms with E-state index >= 15 is 4.39 Å². The second-order valence-electron chi connectivity index (χ2n) is 10.1. The number of hydrogen-bond donors (Lipinski definition) is 0. The van der Waals surface area contributed by atoms with Gasteiger partial charge in [0.15, 0.2) is 5.65 Å². The molecule has 10 heteroatoms. The normalized spacial score (nSPS) is 19.3. The Kier molecular flexibility index (Phi) is 6.26. The number of benzene rings is 1. The Morgan fingerprint density at radius 1 is 1.11 bits per heavy atom. The molecule has 2 saturated heterocycles. The van der Waals surface area contributed by atoms with Gasteiger partial charge in [0.1, 0.15) is 23.2 Å². The monoisotopic (exact) mass is 512 g/mol. The standard InChI is InChI=1S/C28H29FN8O/c1-4-38-28-32-17(2)25-27(34-28)37(26(33-25)21-7-19(10-30)11-31-12-21)14-20-6-5-18(8-24(20)29)13-36-16-22-9-23(36)15-35(22)3/h5-8,11-12,22-23H,4,9,13-16H2,1-3H3. The van der Waals surface area contributed by atoms with Gasteiger partial charge in [-0.25, -0.2) is 9.37 Å². The van der Waals surface area contributed by atoms with Gasteiger partial charge in [-0.3, -0.25) is 9.88 Å². The van der Waals surface area contributed by atoms with Crippen LogP contribution >= 0.6 is 0 Å². The predicted octanol–water partition coefficient (Wildman–Crippen LogP) is 3.54. The second-order valence-corrected chi connectivity index (χ2v) is 10.1. The van der Waals surface area contributed by atoms with Crippen molar-refractivity contribution in [3.63, 3.8) is 0 Å². The molecule has 2 unspecified atom stereocenters. The van der Waals surface area contributed by atoms with E-state index in [1.807, 2.05) is 30.5 Å². The van der Waals surface area contributed by atoms with Crippen molar-refractivity contribution in [2.75, 3.05) is 26.7 Å². The average Bonchev–Trinajstić information content (AvgIpc) is 3.58. The van der Waals surface area contributed by atoms with Crippen LogP contribution in [0.1, 0.15) is 35.7 Å². The molecule has 0 N–H and O–H groups in total. The van der Waals surface area contributed by atoms with Crippen molar-refractivity contribution in [3.8, 4) is 23.5 Å². The molecule has 0 spiro atoms. The smallest absolute Gasteiger partial charge is 0.318 e. The minimum Gasteiger partial charge on any atom is -0.464 e. The first kappa shape index (κ1) is 24.4. The molecule has 2 atom stereocenters. The highest BCUT2D eigenvalue weighted by Crippen LogP contribution is 2.31. The Morgan fingerprint density at radius 2 is 1.97 bits per heavy atom. The fraction of sp³-hybridized carbons (Fsp3) is 0.393. The molecule has 4 aromatic rings. The quantitative estimate of drug-likeness (QED) is 0.371. The molecule has 3 aromatic heterocycles. The topological polar surface area (TPSA) is 96.0 Å². The number of ether oxygens (including phenoxy) is 1. The number of nitriles is 1. The molecule has 9 nitrogen and oxygen atoms in total. The molecule has 5 heterocycles. The van der Waals surface area contributed by atoms with Crippen LogP contribution in [0.5, 0.6) is 6.01 Å². The zero-order chi connectivity index (χ0) is 26.4. The summed E-state index contributed by atoms with van der Waals surface area (Å²) in [7, 11) is 2.18. The summed E-state index contributed by atoms with van der Waals surface area (Å²) in [5.41, 5.74) is 4.34. The first-order valence-corrected chi connectivity index (χ1v) is 12.9. The van der Waals surface area contributed by atoms with Crippen LogP contribution in [0, 0.1) is 24.1 Å². The van der Waals surface area contributed by atoms with Gasteiger partial charge in [-0.1, -0.05) is 12.1 Å². The molecular weight excluding hydrogens is 483 g/mol. The van der Waals surface area contributed by atoms with Crippen molar-refractivity contribution in [2.24, 2.45) is 0 Å². The van der Waals surface area contributed by atoms with Crippen molar-refractivity contribution >= 4 is 11.2 Å². The van der Waals surface area contributed by atoms with Gasteiger partial charge in [0, 0.05) is 55.2 Å². The molecule has 0 radical (unpaired) electrons. The molecule has 0 aliphatic carbocycles. The molecule has 2 fully saturated rings. The summed E-state index contributed by atoms with van der Waals surface area (Å²) in [6.07, 6.45) is 4.34. The second kappa shape index (κ2) is 9.74. The number of aryl methyl sites for hydroxylation is 1. The van der Waals surface area contributed by atoms with Crippen molar-refractivity contribution in [3.05, 3.63) is 64.9 Å². The summed E-state index contributed by atoms with van der Waals surface area (Å²) in [5.74, 6) is 0.271. The van der Waals surface area contributed by atoms with E-state index in [1.165, 1.54) is 12.6 Å². The first-order chi connectivity index (χ1) is 18.4. The van der Waals surface area contributed by atoms with Crippen molar-refractivity contribution in [1.29, 1.82) is 5.26 Å². The Hall–Kier alpha value is -3.94. The van der Waals surface area contributed by atoms with Crippen molar-refractivity contribution in [2.45, 2.75) is 45.4 Å². The number of aromatic nitrogens is 5. The molecule has 2 bridgehead atoms. The first-order valence-electron chi connectivity index (χ1n) is 12.9. The molecule has 38 heavy (non-hydrogen) atoms. The number of likely N-dealkylation sites (tertiary alicyclic amines) is 2. The van der Waals surface area contributed by atoms with Crippen LogP contribution in [-0.2, 0) is 13.1 Å². The highest BCUT2D eigenvalue weighted by molar-refractivity contribution is 5.79. The molecular formula is C28H29FN8O. The number of nitrogens with zero attached hydrogens (tertiary/aromatic N) is 8. The summed E-state index contributed by atoms with van der Waals surface area (Å²) in [6, 6.07) is 10.8. The van der Waals surface area contributed by atoms with E-state index in [2.05, 4.69) is 37.9 Å². The molecule has 1 aromatic carbocycles. The number of likely N-dealkylation sites (N-methyl/N-ethyl adjacent to an activating group) is 1. The molecule has 6 rings (SSSR count). The van der Waals surface area contributed by atoms with Crippen LogP contribution in [0.25, 0.3) is 22.6 Å². The van der Waals surface area contributed by atoms with Gasteiger partial charge in [0.25, 0.3) is 0 Å². The van der Waals surface area contributed by atoms with Gasteiger partial charge in [-0.15, -0.1) is 0 Å². The number of piperazine rings is 1. The zero-order valence-corrected chi connectivity index (χ0v) is 21.7. The van der Waals surface area contributed by atoms with Crippen LogP contribution in [0.15, 0.2) is 36.7 Å². The van der Waals surface area contributed by atoms with E-state index in [1.54, 1.807) is 18.3 Å². The summed E-state index contributed by atoms with van der Waals surface area (Å²) in [4.78, 5) is 22.9. The van der Waals surface area contributed by atoms with Gasteiger partial charge in [-0.2, -0.15) is 15.2 Å². The fourth-order valence-electron chi connectivity index (χ4n) is 5.66. The third-order valence-corrected chi connectivity index (χ3v) is 7.61. The van der Waals surface area contributed by atoms with E-state index in [0.717, 1.165) is 25.2 Å². The van der Waals surface area contributed by atoms with E-state index in [0.29, 0.717) is 58.1 Å². The Morgan fingerprint density at radius 3 is 2.68 bits per heavy atom. The number of hydrogen-bond acceptors (Lipinski definition) is 8. The molecule has 2 aliphatic rings. The SMILES string of the molecule is CCOc1nc(C)c2nc(-c3cncc(C#N)c3)n(Cc3ccc(CN4CC5CC4CN5C)cc3F)c2n1. The fourth-order valence-corrected chi connectivity index (χ4v) is 5.66. The third kappa shape index (κ3) is 4.38. The predicted molar refractivity (Wildman–Crippen MR) is 140 cm³/mol. The van der Waals surface area contributed by atoms with Gasteiger partial charge in [0.2, 0.25) is 0 Å². The summed E-state index contributed by atoms with van der Waals surface area (Å²) >= 11 is 0. The largest absolute Gasteiger partial charge is 0.464 e. The van der Waals surface area contributed by atoms with Crippen LogP contribution in [0.2, 0.25) is 0 Å². The molecule has 0 amide bonds. The lowest BCUT2D eigenvalue weighted by atomic mass is 10.1. The van der Waals surface area contributed by atoms with Gasteiger partial charge in [0.05, 0.1) is 24.4 Å². The molecule has 0 saturated carbocycles. The lowest BCUT2D eigenvalue weighted by Crippen LogP contribution is -2.43. The highest BCUT2D eigenvalue weighted by Gasteiger charge is 2.41. The van der Waals surface area contributed by atoms with E-state index < -0.39 is 0 Å². The van der Waals surface area contributed by atoms with Crippen LogP contribution < -0.4 is 4.74 Å². The maximum Gasteiger partial charge on any atom is 0.318 e. The minimum atomic E-state index is -0.267. The van der Waals surface area contributed by atoms with Crippen LogP contribution in [0.4, 0.5) is 4.39 Å². The van der Waals surface area contributed by atoms with Gasteiger partial charge < -0.3 is 14.2 Å². The molecule has 194 valence electrons. The van der Waals surface area contributed by atoms with E-state index in [4.69, 9.17) is 9.72 Å². The Labute approximate surface area is 220 Å². The maximum absolute atomic E-state index is 15.5.